The van der Waals surface area contributed by atoms with Crippen LogP contribution in [-0.4, -0.2) is 17.9 Å². The van der Waals surface area contributed by atoms with E-state index in [2.05, 4.69) is 26.0 Å². The molecule has 1 saturated heterocycles. The summed E-state index contributed by atoms with van der Waals surface area (Å²) < 4.78 is 5.76. The molecule has 1 aliphatic heterocycles. The zero-order valence-electron chi connectivity index (χ0n) is 13.6. The van der Waals surface area contributed by atoms with Gasteiger partial charge in [0, 0.05) is 5.92 Å². The van der Waals surface area contributed by atoms with Crippen LogP contribution in [0.3, 0.4) is 0 Å². The largest absolute Gasteiger partial charge is 0.457 e. The smallest absolute Gasteiger partial charge is 0.312 e. The van der Waals surface area contributed by atoms with E-state index in [4.69, 9.17) is 4.74 Å². The van der Waals surface area contributed by atoms with E-state index < -0.39 is 0 Å². The molecule has 3 heteroatoms. The number of allylic oxidation sites excluding steroid dienone is 3. The molecule has 0 aromatic carbocycles. The Kier molecular flexibility index (Phi) is 2.80. The van der Waals surface area contributed by atoms with E-state index in [1.165, 1.54) is 5.57 Å². The highest BCUT2D eigenvalue weighted by Gasteiger charge is 2.65. The van der Waals surface area contributed by atoms with Crippen molar-refractivity contribution in [3.63, 3.8) is 0 Å². The summed E-state index contributed by atoms with van der Waals surface area (Å²) in [7, 11) is 0. The maximum Gasteiger partial charge on any atom is 0.312 e. The second-order valence-corrected chi connectivity index (χ2v) is 8.11. The molecule has 3 aliphatic carbocycles. The molecule has 1 saturated carbocycles. The first-order valence-corrected chi connectivity index (χ1v) is 8.50. The van der Waals surface area contributed by atoms with Crippen LogP contribution in [0.2, 0.25) is 0 Å². The van der Waals surface area contributed by atoms with E-state index in [-0.39, 0.29) is 28.7 Å². The van der Waals surface area contributed by atoms with Crippen LogP contribution in [0.25, 0.3) is 0 Å². The molecule has 4 rings (SSSR count). The van der Waals surface area contributed by atoms with Gasteiger partial charge >= 0.3 is 5.97 Å². The van der Waals surface area contributed by atoms with Gasteiger partial charge in [-0.15, -0.1) is 0 Å². The number of esters is 1. The summed E-state index contributed by atoms with van der Waals surface area (Å²) in [4.78, 5) is 24.2. The van der Waals surface area contributed by atoms with Gasteiger partial charge in [-0.25, -0.2) is 0 Å². The molecule has 5 unspecified atom stereocenters. The van der Waals surface area contributed by atoms with Gasteiger partial charge in [0.15, 0.2) is 5.78 Å². The van der Waals surface area contributed by atoms with E-state index in [9.17, 15) is 9.59 Å². The van der Waals surface area contributed by atoms with Gasteiger partial charge in [-0.3, -0.25) is 9.59 Å². The lowest BCUT2D eigenvalue weighted by atomic mass is 9.47. The molecule has 4 aliphatic rings. The Hall–Kier alpha value is -1.38. The highest BCUT2D eigenvalue weighted by molar-refractivity contribution is 5.94. The van der Waals surface area contributed by atoms with Gasteiger partial charge in [0.25, 0.3) is 0 Å². The van der Waals surface area contributed by atoms with Gasteiger partial charge in [0.2, 0.25) is 0 Å². The van der Waals surface area contributed by atoms with Gasteiger partial charge in [-0.1, -0.05) is 19.4 Å². The number of ketones is 1. The SMILES string of the molecule is CC(=O)C1=CC2=CC3OC(=O)C4(C)CCCC(C)(C2CC1)C34. The van der Waals surface area contributed by atoms with Gasteiger partial charge in [-0.05, 0) is 68.1 Å². The third kappa shape index (κ3) is 1.63. The lowest BCUT2D eigenvalue weighted by molar-refractivity contribution is -0.148. The van der Waals surface area contributed by atoms with Crippen LogP contribution < -0.4 is 0 Å². The van der Waals surface area contributed by atoms with Crippen molar-refractivity contribution < 1.29 is 14.3 Å². The van der Waals surface area contributed by atoms with Crippen molar-refractivity contribution in [1.29, 1.82) is 0 Å². The van der Waals surface area contributed by atoms with Crippen molar-refractivity contribution in [3.8, 4) is 0 Å². The Morgan fingerprint density at radius 1 is 1.32 bits per heavy atom. The molecular weight excluding hydrogens is 276 g/mol. The van der Waals surface area contributed by atoms with Gasteiger partial charge in [-0.2, -0.15) is 0 Å². The standard InChI is InChI=1S/C19H24O3/c1-11(20)12-5-6-14-13(9-12)10-15-16-18(14,2)7-4-8-19(16,3)17(21)22-15/h9-10,14-16H,4-8H2,1-3H3. The van der Waals surface area contributed by atoms with Crippen molar-refractivity contribution in [1.82, 2.24) is 0 Å². The Bertz CT molecular complexity index is 629. The minimum absolute atomic E-state index is 0.0142. The molecule has 118 valence electrons. The molecule has 0 N–H and O–H groups in total. The zero-order chi connectivity index (χ0) is 15.7. The summed E-state index contributed by atoms with van der Waals surface area (Å²) in [5, 5.41) is 0. The van der Waals surface area contributed by atoms with Gasteiger partial charge < -0.3 is 4.74 Å². The third-order valence-corrected chi connectivity index (χ3v) is 6.90. The molecule has 2 fully saturated rings. The fourth-order valence-electron chi connectivity index (χ4n) is 5.87. The van der Waals surface area contributed by atoms with Crippen LogP contribution >= 0.6 is 0 Å². The first-order chi connectivity index (χ1) is 10.4. The predicted octanol–water partition coefficient (Wildman–Crippen LogP) is 3.59. The summed E-state index contributed by atoms with van der Waals surface area (Å²) in [5.74, 6) is 0.913. The van der Waals surface area contributed by atoms with Crippen molar-refractivity contribution in [2.75, 3.05) is 0 Å². The number of fused-ring (bicyclic) bond motifs is 2. The molecule has 5 atom stereocenters. The van der Waals surface area contributed by atoms with E-state index in [0.717, 1.165) is 37.7 Å². The second kappa shape index (κ2) is 4.33. The Balaban J connectivity index is 1.84. The van der Waals surface area contributed by atoms with E-state index in [1.54, 1.807) is 6.92 Å². The average Bonchev–Trinajstić information content (AvgIpc) is 2.71. The number of Topliss-reactive ketones (excluding diaryl/α,β-unsaturated/α-hetero) is 1. The number of rotatable bonds is 1. The normalized spacial score (nSPS) is 46.1. The van der Waals surface area contributed by atoms with E-state index in [0.29, 0.717) is 11.8 Å². The van der Waals surface area contributed by atoms with Crippen LogP contribution in [0, 0.1) is 22.7 Å². The Morgan fingerprint density at radius 2 is 2.09 bits per heavy atom. The summed E-state index contributed by atoms with van der Waals surface area (Å²) >= 11 is 0. The number of carbonyl (C=O) groups excluding carboxylic acids is 2. The van der Waals surface area contributed by atoms with E-state index in [1.807, 2.05) is 0 Å². The topological polar surface area (TPSA) is 43.4 Å². The molecular formula is C19H24O3. The summed E-state index contributed by atoms with van der Waals surface area (Å²) in [6.07, 6.45) is 9.23. The molecule has 0 aromatic heterocycles. The maximum absolute atomic E-state index is 12.5. The molecule has 22 heavy (non-hydrogen) atoms. The fourth-order valence-corrected chi connectivity index (χ4v) is 5.87. The number of ether oxygens (including phenoxy) is 1. The monoisotopic (exact) mass is 300 g/mol. The number of hydrogen-bond acceptors (Lipinski definition) is 3. The van der Waals surface area contributed by atoms with Crippen molar-refractivity contribution in [3.05, 3.63) is 23.3 Å². The molecule has 0 spiro atoms. The predicted molar refractivity (Wildman–Crippen MR) is 83.0 cm³/mol. The quantitative estimate of drug-likeness (QED) is 0.695. The second-order valence-electron chi connectivity index (χ2n) is 8.11. The lowest BCUT2D eigenvalue weighted by Crippen LogP contribution is -2.52. The summed E-state index contributed by atoms with van der Waals surface area (Å²) in [6, 6.07) is 0. The minimum Gasteiger partial charge on any atom is -0.457 e. The van der Waals surface area contributed by atoms with Crippen LogP contribution in [0.1, 0.15) is 52.9 Å². The number of hydrogen-bond donors (Lipinski definition) is 0. The van der Waals surface area contributed by atoms with Crippen LogP contribution in [0.15, 0.2) is 23.3 Å². The average molecular weight is 300 g/mol. The molecule has 0 amide bonds. The fraction of sp³-hybridized carbons (Fsp3) is 0.684. The van der Waals surface area contributed by atoms with Crippen molar-refractivity contribution in [2.24, 2.45) is 22.7 Å². The van der Waals surface area contributed by atoms with Crippen LogP contribution in [-0.2, 0) is 14.3 Å². The first-order valence-electron chi connectivity index (χ1n) is 8.50. The van der Waals surface area contributed by atoms with Crippen LogP contribution in [0.4, 0.5) is 0 Å². The van der Waals surface area contributed by atoms with E-state index >= 15 is 0 Å². The molecule has 0 aromatic rings. The van der Waals surface area contributed by atoms with Crippen molar-refractivity contribution >= 4 is 11.8 Å². The molecule has 1 heterocycles. The highest BCUT2D eigenvalue weighted by atomic mass is 16.6. The zero-order valence-corrected chi connectivity index (χ0v) is 13.6. The maximum atomic E-state index is 12.5. The Morgan fingerprint density at radius 3 is 2.82 bits per heavy atom. The van der Waals surface area contributed by atoms with Gasteiger partial charge in [0.1, 0.15) is 6.10 Å². The summed E-state index contributed by atoms with van der Waals surface area (Å²) in [5.41, 5.74) is 1.96. The first kappa shape index (κ1) is 14.2. The third-order valence-electron chi connectivity index (χ3n) is 6.90. The minimum atomic E-state index is -0.315. The number of carbonyl (C=O) groups is 2. The van der Waals surface area contributed by atoms with Crippen molar-refractivity contribution in [2.45, 2.75) is 59.0 Å². The van der Waals surface area contributed by atoms with Crippen LogP contribution in [0.5, 0.6) is 0 Å². The lowest BCUT2D eigenvalue weighted by Gasteiger charge is -2.55. The van der Waals surface area contributed by atoms with Gasteiger partial charge in [0.05, 0.1) is 5.41 Å². The molecule has 0 radical (unpaired) electrons. The Labute approximate surface area is 131 Å². The molecule has 0 bridgehead atoms. The highest BCUT2D eigenvalue weighted by Crippen LogP contribution is 2.65. The molecule has 3 nitrogen and oxygen atoms in total. The summed E-state index contributed by atoms with van der Waals surface area (Å²) in [6.45, 7) is 6.11.